The van der Waals surface area contributed by atoms with Gasteiger partial charge in [0.2, 0.25) is 0 Å². The highest BCUT2D eigenvalue weighted by Gasteiger charge is 2.01. The monoisotopic (exact) mass is 281 g/mol. The first-order chi connectivity index (χ1) is 10.2. The van der Waals surface area contributed by atoms with Crippen molar-refractivity contribution in [3.63, 3.8) is 0 Å². The molecule has 0 saturated carbocycles. The van der Waals surface area contributed by atoms with E-state index in [9.17, 15) is 4.79 Å². The fourth-order valence-electron chi connectivity index (χ4n) is 2.32. The van der Waals surface area contributed by atoms with Crippen molar-refractivity contribution in [2.24, 2.45) is 0 Å². The van der Waals surface area contributed by atoms with Crippen LogP contribution in [0.1, 0.15) is 49.0 Å². The van der Waals surface area contributed by atoms with Crippen LogP contribution in [0, 0.1) is 0 Å². The molecule has 1 N–H and O–H groups in total. The molecule has 0 fully saturated rings. The van der Waals surface area contributed by atoms with Crippen LogP contribution in [-0.2, 0) is 6.42 Å². The van der Waals surface area contributed by atoms with Crippen molar-refractivity contribution in [3.05, 3.63) is 59.7 Å². The lowest BCUT2D eigenvalue weighted by Crippen LogP contribution is -1.95. The summed E-state index contributed by atoms with van der Waals surface area (Å²) in [4.78, 5) is 11.4. The minimum Gasteiger partial charge on any atom is -0.356 e. The van der Waals surface area contributed by atoms with Crippen LogP contribution in [0.4, 0.5) is 11.4 Å². The van der Waals surface area contributed by atoms with Crippen molar-refractivity contribution >= 4 is 17.2 Å². The molecule has 2 rings (SSSR count). The van der Waals surface area contributed by atoms with Gasteiger partial charge in [-0.05, 0) is 49.6 Å². The largest absolute Gasteiger partial charge is 0.356 e. The number of rotatable bonds is 7. The molecule has 0 atom stereocenters. The van der Waals surface area contributed by atoms with Crippen molar-refractivity contribution in [3.8, 4) is 0 Å². The fraction of sp³-hybridized carbons (Fsp3) is 0.316. The van der Waals surface area contributed by atoms with Gasteiger partial charge in [-0.2, -0.15) is 0 Å². The normalized spacial score (nSPS) is 10.4. The van der Waals surface area contributed by atoms with Crippen LogP contribution in [0.5, 0.6) is 0 Å². The quantitative estimate of drug-likeness (QED) is 0.546. The summed E-state index contributed by atoms with van der Waals surface area (Å²) < 4.78 is 0. The second kappa shape index (κ2) is 7.63. The lowest BCUT2D eigenvalue weighted by molar-refractivity contribution is 0.101. The Morgan fingerprint density at radius 3 is 2.43 bits per heavy atom. The predicted molar refractivity (Wildman–Crippen MR) is 89.4 cm³/mol. The highest BCUT2D eigenvalue weighted by Crippen LogP contribution is 2.19. The summed E-state index contributed by atoms with van der Waals surface area (Å²) in [5, 5.41) is 3.34. The lowest BCUT2D eigenvalue weighted by atomic mass is 10.1. The third kappa shape index (κ3) is 4.75. The van der Waals surface area contributed by atoms with Crippen molar-refractivity contribution < 1.29 is 4.79 Å². The van der Waals surface area contributed by atoms with Gasteiger partial charge in [-0.3, -0.25) is 4.79 Å². The summed E-state index contributed by atoms with van der Waals surface area (Å²) in [7, 11) is 0. The van der Waals surface area contributed by atoms with Gasteiger partial charge < -0.3 is 5.32 Å². The maximum Gasteiger partial charge on any atom is 0.159 e. The number of hydrogen-bond donors (Lipinski definition) is 1. The zero-order valence-corrected chi connectivity index (χ0v) is 12.9. The number of benzene rings is 2. The van der Waals surface area contributed by atoms with E-state index in [0.717, 1.165) is 23.4 Å². The molecule has 0 saturated heterocycles. The molecule has 0 aliphatic heterocycles. The second-order valence-corrected chi connectivity index (χ2v) is 5.42. The van der Waals surface area contributed by atoms with Gasteiger partial charge in [0.05, 0.1) is 0 Å². The van der Waals surface area contributed by atoms with Gasteiger partial charge in [0, 0.05) is 16.9 Å². The first kappa shape index (κ1) is 15.3. The molecule has 21 heavy (non-hydrogen) atoms. The van der Waals surface area contributed by atoms with Crippen LogP contribution in [-0.4, -0.2) is 5.78 Å². The Morgan fingerprint density at radius 2 is 1.76 bits per heavy atom. The van der Waals surface area contributed by atoms with Crippen molar-refractivity contribution in [1.29, 1.82) is 0 Å². The minimum atomic E-state index is 0.0879. The number of carbonyl (C=O) groups is 1. The molecule has 2 nitrogen and oxygen atoms in total. The summed E-state index contributed by atoms with van der Waals surface area (Å²) in [6, 6.07) is 16.1. The van der Waals surface area contributed by atoms with Gasteiger partial charge in [-0.15, -0.1) is 0 Å². The van der Waals surface area contributed by atoms with Crippen LogP contribution in [0.25, 0.3) is 0 Å². The molecule has 2 aromatic rings. The number of anilines is 2. The Hall–Kier alpha value is -2.09. The summed E-state index contributed by atoms with van der Waals surface area (Å²) in [5.41, 5.74) is 4.11. The highest BCUT2D eigenvalue weighted by molar-refractivity contribution is 5.95. The zero-order valence-electron chi connectivity index (χ0n) is 12.9. The van der Waals surface area contributed by atoms with Crippen LogP contribution in [0.3, 0.4) is 0 Å². The minimum absolute atomic E-state index is 0.0879. The topological polar surface area (TPSA) is 29.1 Å². The SMILES string of the molecule is CCCCCc1ccc(Nc2cccc(C(C)=O)c2)cc1. The summed E-state index contributed by atoms with van der Waals surface area (Å²) in [5.74, 6) is 0.0879. The molecule has 0 aliphatic carbocycles. The number of carbonyl (C=O) groups excluding carboxylic acids is 1. The van der Waals surface area contributed by atoms with E-state index in [1.54, 1.807) is 6.92 Å². The maximum atomic E-state index is 11.4. The number of nitrogens with one attached hydrogen (secondary N) is 1. The molecule has 0 amide bonds. The maximum absolute atomic E-state index is 11.4. The molecular weight excluding hydrogens is 258 g/mol. The van der Waals surface area contributed by atoms with Gasteiger partial charge in [0.1, 0.15) is 0 Å². The molecule has 2 heteroatoms. The molecule has 0 spiro atoms. The third-order valence-electron chi connectivity index (χ3n) is 3.58. The number of aryl methyl sites for hydroxylation is 1. The molecule has 0 aromatic heterocycles. The van der Waals surface area contributed by atoms with E-state index in [-0.39, 0.29) is 5.78 Å². The van der Waals surface area contributed by atoms with E-state index in [2.05, 4.69) is 36.5 Å². The van der Waals surface area contributed by atoms with Gasteiger partial charge >= 0.3 is 0 Å². The fourth-order valence-corrected chi connectivity index (χ4v) is 2.32. The van der Waals surface area contributed by atoms with E-state index in [1.165, 1.54) is 24.8 Å². The average molecular weight is 281 g/mol. The average Bonchev–Trinajstić information content (AvgIpc) is 2.49. The smallest absolute Gasteiger partial charge is 0.159 e. The third-order valence-corrected chi connectivity index (χ3v) is 3.58. The Bertz CT molecular complexity index is 587. The Labute approximate surface area is 127 Å². The van der Waals surface area contributed by atoms with E-state index in [4.69, 9.17) is 0 Å². The lowest BCUT2D eigenvalue weighted by Gasteiger charge is -2.08. The molecule has 0 aliphatic rings. The van der Waals surface area contributed by atoms with Crippen LogP contribution in [0.15, 0.2) is 48.5 Å². The van der Waals surface area contributed by atoms with Gasteiger partial charge in [0.25, 0.3) is 0 Å². The molecule has 0 heterocycles. The van der Waals surface area contributed by atoms with Gasteiger partial charge in [0.15, 0.2) is 5.78 Å². The standard InChI is InChI=1S/C19H23NO/c1-3-4-5-7-16-10-12-18(13-11-16)20-19-9-6-8-17(14-19)15(2)21/h6,8-14,20H,3-5,7H2,1-2H3. The molecule has 110 valence electrons. The molecule has 0 unspecified atom stereocenters. The molecule has 0 bridgehead atoms. The van der Waals surface area contributed by atoms with E-state index in [0.29, 0.717) is 0 Å². The predicted octanol–water partition coefficient (Wildman–Crippen LogP) is 5.37. The van der Waals surface area contributed by atoms with Crippen molar-refractivity contribution in [2.45, 2.75) is 39.5 Å². The first-order valence-corrected chi connectivity index (χ1v) is 7.66. The molecule has 2 aromatic carbocycles. The van der Waals surface area contributed by atoms with E-state index >= 15 is 0 Å². The summed E-state index contributed by atoms with van der Waals surface area (Å²) in [6.07, 6.45) is 4.95. The van der Waals surface area contributed by atoms with Crippen molar-refractivity contribution in [2.75, 3.05) is 5.32 Å². The summed E-state index contributed by atoms with van der Waals surface area (Å²) in [6.45, 7) is 3.81. The summed E-state index contributed by atoms with van der Waals surface area (Å²) >= 11 is 0. The zero-order chi connectivity index (χ0) is 15.1. The van der Waals surface area contributed by atoms with Gasteiger partial charge in [-0.25, -0.2) is 0 Å². The number of ketones is 1. The van der Waals surface area contributed by atoms with Crippen LogP contribution < -0.4 is 5.32 Å². The van der Waals surface area contributed by atoms with E-state index in [1.807, 2.05) is 24.3 Å². The Balaban J connectivity index is 1.99. The van der Waals surface area contributed by atoms with E-state index < -0.39 is 0 Å². The first-order valence-electron chi connectivity index (χ1n) is 7.66. The van der Waals surface area contributed by atoms with Crippen LogP contribution >= 0.6 is 0 Å². The number of Topliss-reactive ketones (excluding diaryl/α,β-unsaturated/α-hetero) is 1. The Kier molecular flexibility index (Phi) is 5.56. The Morgan fingerprint density at radius 1 is 1.00 bits per heavy atom. The highest BCUT2D eigenvalue weighted by atomic mass is 16.1. The number of unbranched alkanes of at least 4 members (excludes halogenated alkanes) is 2. The number of hydrogen-bond acceptors (Lipinski definition) is 2. The van der Waals surface area contributed by atoms with Crippen LogP contribution in [0.2, 0.25) is 0 Å². The molecule has 0 radical (unpaired) electrons. The second-order valence-electron chi connectivity index (χ2n) is 5.42. The molecular formula is C19H23NO. The van der Waals surface area contributed by atoms with Gasteiger partial charge in [-0.1, -0.05) is 44.0 Å². The van der Waals surface area contributed by atoms with Crippen molar-refractivity contribution in [1.82, 2.24) is 0 Å².